The van der Waals surface area contributed by atoms with Gasteiger partial charge in [-0.15, -0.1) is 0 Å². The van der Waals surface area contributed by atoms with Crippen LogP contribution in [-0.2, 0) is 17.8 Å². The number of methoxy groups -OCH3 is 1. The lowest BCUT2D eigenvalue weighted by atomic mass is 10.00. The van der Waals surface area contributed by atoms with E-state index in [1.807, 2.05) is 12.1 Å². The van der Waals surface area contributed by atoms with Crippen molar-refractivity contribution < 1.29 is 14.3 Å². The Hall–Kier alpha value is -2.59. The molecule has 0 aliphatic carbocycles. The van der Waals surface area contributed by atoms with Gasteiger partial charge in [-0.25, -0.2) is 0 Å². The number of fused-ring (bicyclic) bond motifs is 1. The number of carbonyl (C=O) groups excluding carboxylic acids is 1. The molecule has 3 rings (SSSR count). The molecule has 130 valence electrons. The third-order valence-electron chi connectivity index (χ3n) is 4.32. The SMILES string of the molecule is COc1cc(/C=C\CN2CCc3ccccc3C2)ccc1OC(C)=O. The van der Waals surface area contributed by atoms with Gasteiger partial charge in [0.25, 0.3) is 0 Å². The molecule has 2 aromatic rings. The van der Waals surface area contributed by atoms with Crippen LogP contribution in [-0.4, -0.2) is 31.1 Å². The second-order valence-electron chi connectivity index (χ2n) is 6.16. The topological polar surface area (TPSA) is 38.8 Å². The van der Waals surface area contributed by atoms with Crippen LogP contribution in [0, 0.1) is 0 Å². The number of hydrogen-bond acceptors (Lipinski definition) is 4. The number of rotatable bonds is 5. The highest BCUT2D eigenvalue weighted by atomic mass is 16.6. The van der Waals surface area contributed by atoms with Gasteiger partial charge in [-0.3, -0.25) is 9.69 Å². The molecule has 0 unspecified atom stereocenters. The summed E-state index contributed by atoms with van der Waals surface area (Å²) in [6.07, 6.45) is 5.34. The molecule has 1 aliphatic heterocycles. The smallest absolute Gasteiger partial charge is 0.308 e. The molecule has 0 saturated heterocycles. The molecule has 0 aromatic heterocycles. The maximum Gasteiger partial charge on any atom is 0.308 e. The van der Waals surface area contributed by atoms with Crippen LogP contribution in [0.15, 0.2) is 48.5 Å². The minimum atomic E-state index is -0.355. The monoisotopic (exact) mass is 337 g/mol. The Morgan fingerprint density at radius 2 is 1.96 bits per heavy atom. The van der Waals surface area contributed by atoms with Crippen LogP contribution < -0.4 is 9.47 Å². The minimum absolute atomic E-state index is 0.355. The fourth-order valence-corrected chi connectivity index (χ4v) is 3.07. The van der Waals surface area contributed by atoms with Gasteiger partial charge < -0.3 is 9.47 Å². The third-order valence-corrected chi connectivity index (χ3v) is 4.32. The largest absolute Gasteiger partial charge is 0.493 e. The minimum Gasteiger partial charge on any atom is -0.493 e. The van der Waals surface area contributed by atoms with Crippen LogP contribution in [0.2, 0.25) is 0 Å². The molecular formula is C21H23NO3. The van der Waals surface area contributed by atoms with Crippen molar-refractivity contribution in [2.45, 2.75) is 19.9 Å². The molecule has 25 heavy (non-hydrogen) atoms. The molecule has 0 atom stereocenters. The number of nitrogens with zero attached hydrogens (tertiary/aromatic N) is 1. The second kappa shape index (κ2) is 7.99. The number of benzene rings is 2. The highest BCUT2D eigenvalue weighted by molar-refractivity contribution is 5.71. The molecule has 0 N–H and O–H groups in total. The van der Waals surface area contributed by atoms with Crippen LogP contribution in [0.3, 0.4) is 0 Å². The van der Waals surface area contributed by atoms with Crippen LogP contribution >= 0.6 is 0 Å². The Bertz CT molecular complexity index is 782. The highest BCUT2D eigenvalue weighted by Gasteiger charge is 2.14. The summed E-state index contributed by atoms with van der Waals surface area (Å²) < 4.78 is 10.4. The van der Waals surface area contributed by atoms with E-state index in [0.717, 1.165) is 31.6 Å². The standard InChI is InChI=1S/C21H23NO3/c1-16(23)25-20-10-9-17(14-21(20)24-2)6-5-12-22-13-11-18-7-3-4-8-19(18)15-22/h3-10,14H,11-13,15H2,1-2H3/b6-5-. The number of esters is 1. The lowest BCUT2D eigenvalue weighted by molar-refractivity contribution is -0.132. The Labute approximate surface area is 148 Å². The van der Waals surface area contributed by atoms with Crippen LogP contribution in [0.4, 0.5) is 0 Å². The van der Waals surface area contributed by atoms with E-state index >= 15 is 0 Å². The summed E-state index contributed by atoms with van der Waals surface area (Å²) in [5.41, 5.74) is 3.91. The van der Waals surface area contributed by atoms with Crippen molar-refractivity contribution in [2.24, 2.45) is 0 Å². The van der Waals surface area contributed by atoms with Crippen molar-refractivity contribution in [1.29, 1.82) is 0 Å². The van der Waals surface area contributed by atoms with Crippen molar-refractivity contribution in [1.82, 2.24) is 4.90 Å². The summed E-state index contributed by atoms with van der Waals surface area (Å²) in [5.74, 6) is 0.649. The van der Waals surface area contributed by atoms with Gasteiger partial charge in [0.1, 0.15) is 0 Å². The van der Waals surface area contributed by atoms with E-state index in [1.54, 1.807) is 13.2 Å². The van der Waals surface area contributed by atoms with Crippen molar-refractivity contribution >= 4 is 12.0 Å². The first-order valence-corrected chi connectivity index (χ1v) is 8.48. The Morgan fingerprint density at radius 1 is 1.16 bits per heavy atom. The maximum absolute atomic E-state index is 11.1. The Balaban J connectivity index is 1.62. The molecule has 4 heteroatoms. The van der Waals surface area contributed by atoms with Crippen molar-refractivity contribution in [3.8, 4) is 11.5 Å². The van der Waals surface area contributed by atoms with Crippen molar-refractivity contribution in [2.75, 3.05) is 20.2 Å². The van der Waals surface area contributed by atoms with Gasteiger partial charge in [0.15, 0.2) is 11.5 Å². The molecule has 1 heterocycles. The highest BCUT2D eigenvalue weighted by Crippen LogP contribution is 2.28. The zero-order valence-electron chi connectivity index (χ0n) is 14.7. The zero-order chi connectivity index (χ0) is 17.6. The van der Waals surface area contributed by atoms with Crippen LogP contribution in [0.5, 0.6) is 11.5 Å². The molecule has 4 nitrogen and oxygen atoms in total. The first-order chi connectivity index (χ1) is 12.2. The normalized spacial score (nSPS) is 14.3. The van der Waals surface area contributed by atoms with E-state index in [1.165, 1.54) is 18.1 Å². The molecule has 0 spiro atoms. The van der Waals surface area contributed by atoms with Crippen LogP contribution in [0.1, 0.15) is 23.6 Å². The predicted molar refractivity (Wildman–Crippen MR) is 98.8 cm³/mol. The summed E-state index contributed by atoms with van der Waals surface area (Å²) in [6.45, 7) is 4.36. The summed E-state index contributed by atoms with van der Waals surface area (Å²) in [4.78, 5) is 13.5. The summed E-state index contributed by atoms with van der Waals surface area (Å²) in [6, 6.07) is 14.2. The van der Waals surface area contributed by atoms with E-state index in [0.29, 0.717) is 11.5 Å². The molecule has 0 saturated carbocycles. The maximum atomic E-state index is 11.1. The third kappa shape index (κ3) is 4.48. The molecule has 2 aromatic carbocycles. The summed E-state index contributed by atoms with van der Waals surface area (Å²) >= 11 is 0. The van der Waals surface area contributed by atoms with Crippen molar-refractivity contribution in [3.05, 3.63) is 65.2 Å². The van der Waals surface area contributed by atoms with E-state index in [2.05, 4.69) is 41.3 Å². The lowest BCUT2D eigenvalue weighted by Gasteiger charge is -2.27. The van der Waals surface area contributed by atoms with Gasteiger partial charge in [-0.1, -0.05) is 42.5 Å². The molecule has 1 aliphatic rings. The average molecular weight is 337 g/mol. The van der Waals surface area contributed by atoms with Crippen LogP contribution in [0.25, 0.3) is 6.08 Å². The molecule has 0 radical (unpaired) electrons. The second-order valence-corrected chi connectivity index (χ2v) is 6.16. The zero-order valence-corrected chi connectivity index (χ0v) is 14.7. The van der Waals surface area contributed by atoms with Gasteiger partial charge >= 0.3 is 5.97 Å². The molecule has 0 fully saturated rings. The number of carbonyl (C=O) groups is 1. The first kappa shape index (κ1) is 17.2. The van der Waals surface area contributed by atoms with Gasteiger partial charge in [-0.05, 0) is 35.2 Å². The fourth-order valence-electron chi connectivity index (χ4n) is 3.07. The molecule has 0 bridgehead atoms. The van der Waals surface area contributed by atoms with Gasteiger partial charge in [0.2, 0.25) is 0 Å². The average Bonchev–Trinajstić information content (AvgIpc) is 2.62. The summed E-state index contributed by atoms with van der Waals surface area (Å²) in [5, 5.41) is 0. The Kier molecular flexibility index (Phi) is 5.51. The molecule has 0 amide bonds. The summed E-state index contributed by atoms with van der Waals surface area (Å²) in [7, 11) is 1.57. The van der Waals surface area contributed by atoms with E-state index in [-0.39, 0.29) is 5.97 Å². The van der Waals surface area contributed by atoms with E-state index < -0.39 is 0 Å². The van der Waals surface area contributed by atoms with Gasteiger partial charge in [0.05, 0.1) is 7.11 Å². The quantitative estimate of drug-likeness (QED) is 0.616. The van der Waals surface area contributed by atoms with Crippen molar-refractivity contribution in [3.63, 3.8) is 0 Å². The predicted octanol–water partition coefficient (Wildman–Crippen LogP) is 3.69. The number of hydrogen-bond donors (Lipinski definition) is 0. The molecular weight excluding hydrogens is 314 g/mol. The van der Waals surface area contributed by atoms with E-state index in [4.69, 9.17) is 9.47 Å². The fraction of sp³-hybridized carbons (Fsp3) is 0.286. The number of ether oxygens (including phenoxy) is 2. The van der Waals surface area contributed by atoms with E-state index in [9.17, 15) is 4.79 Å². The lowest BCUT2D eigenvalue weighted by Crippen LogP contribution is -2.30. The first-order valence-electron chi connectivity index (χ1n) is 8.48. The Morgan fingerprint density at radius 3 is 2.72 bits per heavy atom. The van der Waals surface area contributed by atoms with Gasteiger partial charge in [-0.2, -0.15) is 0 Å². The van der Waals surface area contributed by atoms with Gasteiger partial charge in [0, 0.05) is 26.6 Å².